The fourth-order valence-corrected chi connectivity index (χ4v) is 3.06. The number of guanidine groups is 1. The molecule has 0 amide bonds. The Labute approximate surface area is 180 Å². The highest BCUT2D eigenvalue weighted by atomic mass is 127. The summed E-state index contributed by atoms with van der Waals surface area (Å²) in [5, 5.41) is 3.18. The first kappa shape index (κ1) is 23.8. The lowest BCUT2D eigenvalue weighted by atomic mass is 10.1. The van der Waals surface area contributed by atoms with Gasteiger partial charge in [0.2, 0.25) is 0 Å². The highest BCUT2D eigenvalue weighted by molar-refractivity contribution is 14.0. The van der Waals surface area contributed by atoms with E-state index in [1.807, 2.05) is 18.2 Å². The fraction of sp³-hybridized carbons (Fsp3) is 0.632. The van der Waals surface area contributed by atoms with Crippen LogP contribution in [0.3, 0.4) is 0 Å². The van der Waals surface area contributed by atoms with Gasteiger partial charge in [-0.1, -0.05) is 6.07 Å². The molecule has 154 valence electrons. The molecule has 1 saturated heterocycles. The minimum absolute atomic E-state index is 0. The lowest BCUT2D eigenvalue weighted by molar-refractivity contribution is 0.283. The maximum atomic E-state index is 5.98. The lowest BCUT2D eigenvalue weighted by Crippen LogP contribution is -2.35. The molecule has 0 radical (unpaired) electrons. The van der Waals surface area contributed by atoms with Gasteiger partial charge in [-0.25, -0.2) is 0 Å². The van der Waals surface area contributed by atoms with Crippen LogP contribution in [-0.4, -0.2) is 82.8 Å². The quantitative estimate of drug-likeness (QED) is 0.326. The van der Waals surface area contributed by atoms with E-state index >= 15 is 0 Å². The number of benzene rings is 1. The van der Waals surface area contributed by atoms with Crippen molar-refractivity contribution in [3.8, 4) is 11.5 Å². The van der Waals surface area contributed by atoms with E-state index < -0.39 is 0 Å². The zero-order chi connectivity index (χ0) is 18.8. The summed E-state index contributed by atoms with van der Waals surface area (Å²) in [5.41, 5.74) is 7.14. The molecule has 0 atom stereocenters. The molecule has 0 aromatic heterocycles. The van der Waals surface area contributed by atoms with E-state index in [1.54, 1.807) is 14.2 Å². The largest absolute Gasteiger partial charge is 0.493 e. The Morgan fingerprint density at radius 2 is 1.93 bits per heavy atom. The van der Waals surface area contributed by atoms with Crippen LogP contribution in [0.2, 0.25) is 0 Å². The van der Waals surface area contributed by atoms with Gasteiger partial charge < -0.3 is 30.3 Å². The van der Waals surface area contributed by atoms with E-state index in [0.29, 0.717) is 5.96 Å². The van der Waals surface area contributed by atoms with Crippen LogP contribution in [0.4, 0.5) is 0 Å². The second kappa shape index (κ2) is 13.0. The van der Waals surface area contributed by atoms with Gasteiger partial charge in [0, 0.05) is 26.2 Å². The number of nitrogens with two attached hydrogens (primary N) is 1. The van der Waals surface area contributed by atoms with Gasteiger partial charge in [0.1, 0.15) is 0 Å². The van der Waals surface area contributed by atoms with Crippen molar-refractivity contribution < 1.29 is 9.47 Å². The molecular formula is C19H34IN5O2. The zero-order valence-corrected chi connectivity index (χ0v) is 19.1. The molecule has 27 heavy (non-hydrogen) atoms. The Hall–Kier alpha value is -1.26. The normalized spacial score (nSPS) is 16.3. The van der Waals surface area contributed by atoms with Gasteiger partial charge in [0.05, 0.1) is 20.8 Å². The van der Waals surface area contributed by atoms with Gasteiger partial charge in [0.25, 0.3) is 0 Å². The average molecular weight is 491 g/mol. The van der Waals surface area contributed by atoms with Crippen LogP contribution in [0.25, 0.3) is 0 Å². The molecule has 0 bridgehead atoms. The summed E-state index contributed by atoms with van der Waals surface area (Å²) in [6.07, 6.45) is 2.06. The van der Waals surface area contributed by atoms with Gasteiger partial charge in [-0.2, -0.15) is 0 Å². The number of aliphatic imine (C=N–C) groups is 1. The summed E-state index contributed by atoms with van der Waals surface area (Å²) in [6.45, 7) is 7.00. The number of ether oxygens (including phenoxy) is 2. The maximum Gasteiger partial charge on any atom is 0.188 e. The molecule has 0 saturated carbocycles. The monoisotopic (exact) mass is 491 g/mol. The van der Waals surface area contributed by atoms with Crippen molar-refractivity contribution in [1.82, 2.24) is 15.1 Å². The standard InChI is InChI=1S/C19H33N5O2.HI/c1-23-10-4-11-24(14-13-23)12-9-22-19(20)21-8-7-16-5-6-17(25-2)18(15-16)26-3;/h5-6,15H,4,7-14H2,1-3H3,(H3,20,21,22);1H. The Bertz CT molecular complexity index is 585. The third-order valence-electron chi connectivity index (χ3n) is 4.68. The average Bonchev–Trinajstić information content (AvgIpc) is 2.86. The van der Waals surface area contributed by atoms with Crippen molar-refractivity contribution in [3.05, 3.63) is 23.8 Å². The van der Waals surface area contributed by atoms with E-state index in [1.165, 1.54) is 13.0 Å². The molecule has 8 heteroatoms. The zero-order valence-electron chi connectivity index (χ0n) is 16.7. The topological polar surface area (TPSA) is 75.4 Å². The highest BCUT2D eigenvalue weighted by Crippen LogP contribution is 2.27. The van der Waals surface area contributed by atoms with E-state index in [4.69, 9.17) is 15.2 Å². The molecular weight excluding hydrogens is 457 g/mol. The summed E-state index contributed by atoms with van der Waals surface area (Å²) in [7, 11) is 5.47. The van der Waals surface area contributed by atoms with Crippen molar-refractivity contribution in [2.45, 2.75) is 12.8 Å². The predicted molar refractivity (Wildman–Crippen MR) is 122 cm³/mol. The van der Waals surface area contributed by atoms with Crippen LogP contribution in [0.1, 0.15) is 12.0 Å². The number of halogens is 1. The van der Waals surface area contributed by atoms with Gasteiger partial charge in [0.15, 0.2) is 17.5 Å². The highest BCUT2D eigenvalue weighted by Gasteiger charge is 2.11. The number of rotatable bonds is 8. The van der Waals surface area contributed by atoms with Crippen molar-refractivity contribution in [1.29, 1.82) is 0 Å². The number of methoxy groups -OCH3 is 2. The van der Waals surface area contributed by atoms with Crippen molar-refractivity contribution in [2.24, 2.45) is 10.7 Å². The van der Waals surface area contributed by atoms with E-state index in [9.17, 15) is 0 Å². The van der Waals surface area contributed by atoms with Crippen LogP contribution in [0.5, 0.6) is 11.5 Å². The number of likely N-dealkylation sites (N-methyl/N-ethyl adjacent to an activating group) is 1. The molecule has 3 N–H and O–H groups in total. The van der Waals surface area contributed by atoms with E-state index in [2.05, 4.69) is 27.2 Å². The van der Waals surface area contributed by atoms with Crippen LogP contribution in [0, 0.1) is 0 Å². The summed E-state index contributed by atoms with van der Waals surface area (Å²) in [5.74, 6) is 2.00. The minimum Gasteiger partial charge on any atom is -0.493 e. The van der Waals surface area contributed by atoms with Gasteiger partial charge in [-0.3, -0.25) is 4.99 Å². The molecule has 1 aliphatic rings. The second-order valence-electron chi connectivity index (χ2n) is 6.63. The molecule has 1 aliphatic heterocycles. The summed E-state index contributed by atoms with van der Waals surface area (Å²) in [6, 6.07) is 5.95. The predicted octanol–water partition coefficient (Wildman–Crippen LogP) is 1.41. The summed E-state index contributed by atoms with van der Waals surface area (Å²) >= 11 is 0. The molecule has 1 aromatic rings. The van der Waals surface area contributed by atoms with Crippen molar-refractivity contribution >= 4 is 29.9 Å². The molecule has 0 spiro atoms. The SMILES string of the molecule is COc1ccc(CCNC(N)=NCCN2CCCN(C)CC2)cc1OC.I. The maximum absolute atomic E-state index is 5.98. The first-order chi connectivity index (χ1) is 12.6. The third-order valence-corrected chi connectivity index (χ3v) is 4.68. The number of nitrogens with zero attached hydrogens (tertiary/aromatic N) is 3. The van der Waals surface area contributed by atoms with Crippen LogP contribution < -0.4 is 20.5 Å². The minimum atomic E-state index is 0. The number of hydrogen-bond donors (Lipinski definition) is 2. The molecule has 2 rings (SSSR count). The van der Waals surface area contributed by atoms with E-state index in [-0.39, 0.29) is 24.0 Å². The Balaban J connectivity index is 0.00000364. The van der Waals surface area contributed by atoms with Crippen molar-refractivity contribution in [3.63, 3.8) is 0 Å². The first-order valence-corrected chi connectivity index (χ1v) is 9.28. The van der Waals surface area contributed by atoms with Gasteiger partial charge >= 0.3 is 0 Å². The summed E-state index contributed by atoms with van der Waals surface area (Å²) in [4.78, 5) is 9.29. The lowest BCUT2D eigenvalue weighted by Gasteiger charge is -2.18. The Morgan fingerprint density at radius 1 is 1.15 bits per heavy atom. The molecule has 1 heterocycles. The van der Waals surface area contributed by atoms with Gasteiger partial charge in [-0.05, 0) is 50.7 Å². The summed E-state index contributed by atoms with van der Waals surface area (Å²) < 4.78 is 10.6. The molecule has 0 unspecified atom stereocenters. The smallest absolute Gasteiger partial charge is 0.188 e. The fourth-order valence-electron chi connectivity index (χ4n) is 3.06. The Kier molecular flexibility index (Phi) is 11.5. The first-order valence-electron chi connectivity index (χ1n) is 9.28. The third kappa shape index (κ3) is 8.52. The van der Waals surface area contributed by atoms with Crippen LogP contribution in [-0.2, 0) is 6.42 Å². The molecule has 1 aromatic carbocycles. The van der Waals surface area contributed by atoms with Crippen LogP contribution in [0.15, 0.2) is 23.2 Å². The number of hydrogen-bond acceptors (Lipinski definition) is 5. The van der Waals surface area contributed by atoms with Crippen molar-refractivity contribution in [2.75, 3.05) is 67.1 Å². The molecule has 1 fully saturated rings. The molecule has 0 aliphatic carbocycles. The second-order valence-corrected chi connectivity index (χ2v) is 6.63. The Morgan fingerprint density at radius 3 is 2.67 bits per heavy atom. The molecule has 7 nitrogen and oxygen atoms in total. The number of nitrogens with one attached hydrogen (secondary N) is 1. The van der Waals surface area contributed by atoms with Crippen LogP contribution >= 0.6 is 24.0 Å². The van der Waals surface area contributed by atoms with E-state index in [0.717, 1.165) is 62.8 Å². The van der Waals surface area contributed by atoms with Gasteiger partial charge in [-0.15, -0.1) is 24.0 Å².